The van der Waals surface area contributed by atoms with E-state index in [4.69, 9.17) is 11.6 Å². The summed E-state index contributed by atoms with van der Waals surface area (Å²) in [5.74, 6) is -0.0353. The number of hydrogen-bond donors (Lipinski definition) is 1. The van der Waals surface area contributed by atoms with Crippen LogP contribution in [0.5, 0.6) is 0 Å². The fraction of sp³-hybridized carbons (Fsp3) is 0.600. The summed E-state index contributed by atoms with van der Waals surface area (Å²) < 4.78 is 0.699. The van der Waals surface area contributed by atoms with Crippen molar-refractivity contribution < 1.29 is 9.59 Å². The molecule has 1 aliphatic heterocycles. The molecule has 1 aromatic heterocycles. The maximum atomic E-state index is 12.7. The number of thiophene rings is 1. The largest absolute Gasteiger partial charge is 0.342 e. The van der Waals surface area contributed by atoms with Gasteiger partial charge in [-0.1, -0.05) is 32.4 Å². The van der Waals surface area contributed by atoms with E-state index in [1.807, 2.05) is 32.9 Å². The summed E-state index contributed by atoms with van der Waals surface area (Å²) in [7, 11) is 0. The van der Waals surface area contributed by atoms with E-state index in [9.17, 15) is 9.59 Å². The molecular formula is C15H21ClN2O2S. The van der Waals surface area contributed by atoms with Crippen molar-refractivity contribution in [1.82, 2.24) is 10.2 Å². The third-order valence-electron chi connectivity index (χ3n) is 4.33. The Labute approximate surface area is 134 Å². The average molecular weight is 329 g/mol. The second-order valence-corrected chi connectivity index (χ2v) is 7.10. The average Bonchev–Trinajstić information content (AvgIpc) is 2.89. The number of nitrogens with zero attached hydrogens (tertiary/aromatic N) is 1. The van der Waals surface area contributed by atoms with Crippen molar-refractivity contribution >= 4 is 34.8 Å². The molecule has 21 heavy (non-hydrogen) atoms. The number of amides is 2. The third kappa shape index (κ3) is 2.81. The van der Waals surface area contributed by atoms with Gasteiger partial charge in [-0.25, -0.2) is 0 Å². The zero-order valence-electron chi connectivity index (χ0n) is 12.6. The van der Waals surface area contributed by atoms with Crippen molar-refractivity contribution in [3.8, 4) is 0 Å². The molecule has 1 fully saturated rings. The first-order valence-electron chi connectivity index (χ1n) is 7.35. The molecule has 1 N–H and O–H groups in total. The van der Waals surface area contributed by atoms with Crippen LogP contribution in [-0.2, 0) is 16.1 Å². The molecule has 2 heterocycles. The lowest BCUT2D eigenvalue weighted by Crippen LogP contribution is -2.69. The van der Waals surface area contributed by atoms with Gasteiger partial charge in [-0.3, -0.25) is 9.59 Å². The molecule has 1 aliphatic rings. The molecule has 1 unspecified atom stereocenters. The molecule has 0 saturated carbocycles. The van der Waals surface area contributed by atoms with E-state index in [0.29, 0.717) is 30.1 Å². The van der Waals surface area contributed by atoms with E-state index in [0.717, 1.165) is 4.88 Å². The van der Waals surface area contributed by atoms with Crippen LogP contribution in [0.15, 0.2) is 12.1 Å². The minimum atomic E-state index is -0.751. The Kier molecular flexibility index (Phi) is 4.94. The molecule has 0 radical (unpaired) electrons. The minimum absolute atomic E-state index is 0.00493. The van der Waals surface area contributed by atoms with Gasteiger partial charge in [0.2, 0.25) is 11.8 Å². The number of piperazine rings is 1. The second kappa shape index (κ2) is 6.36. The molecule has 1 atom stereocenters. The molecule has 2 rings (SSSR count). The molecule has 6 heteroatoms. The summed E-state index contributed by atoms with van der Waals surface area (Å²) in [5, 5.41) is 2.88. The van der Waals surface area contributed by atoms with Crippen molar-refractivity contribution in [3.05, 3.63) is 21.3 Å². The fourth-order valence-corrected chi connectivity index (χ4v) is 4.00. The molecule has 0 aliphatic carbocycles. The van der Waals surface area contributed by atoms with Crippen LogP contribution in [0.4, 0.5) is 0 Å². The quantitative estimate of drug-likeness (QED) is 0.902. The summed E-state index contributed by atoms with van der Waals surface area (Å²) in [6.07, 6.45) is 1.82. The van der Waals surface area contributed by atoms with Crippen LogP contribution in [0.3, 0.4) is 0 Å². The standard InChI is InChI=1S/C15H21ClN2O2S/c1-4-11-13(19)18(9-10-7-8-12(16)21-10)15(5-2,6-3)14(20)17-11/h7-8,11H,4-6,9H2,1-3H3,(H,17,20). The summed E-state index contributed by atoms with van der Waals surface area (Å²) in [6, 6.07) is 3.33. The van der Waals surface area contributed by atoms with Gasteiger partial charge < -0.3 is 10.2 Å². The summed E-state index contributed by atoms with van der Waals surface area (Å²) in [5.41, 5.74) is -0.751. The van der Waals surface area contributed by atoms with E-state index >= 15 is 0 Å². The van der Waals surface area contributed by atoms with E-state index in [1.165, 1.54) is 11.3 Å². The predicted molar refractivity (Wildman–Crippen MR) is 85.4 cm³/mol. The number of nitrogens with one attached hydrogen (secondary N) is 1. The topological polar surface area (TPSA) is 49.4 Å². The Bertz CT molecular complexity index is 540. The summed E-state index contributed by atoms with van der Waals surface area (Å²) in [4.78, 5) is 28.1. The Morgan fingerprint density at radius 2 is 1.95 bits per heavy atom. The van der Waals surface area contributed by atoms with Gasteiger partial charge in [0.25, 0.3) is 0 Å². The van der Waals surface area contributed by atoms with Crippen molar-refractivity contribution in [2.24, 2.45) is 0 Å². The van der Waals surface area contributed by atoms with Gasteiger partial charge in [0, 0.05) is 4.88 Å². The SMILES string of the molecule is CCC1NC(=O)C(CC)(CC)N(Cc2ccc(Cl)s2)C1=O. The highest BCUT2D eigenvalue weighted by molar-refractivity contribution is 7.16. The first-order chi connectivity index (χ1) is 9.98. The minimum Gasteiger partial charge on any atom is -0.342 e. The molecule has 0 spiro atoms. The number of halogens is 1. The maximum Gasteiger partial charge on any atom is 0.246 e. The van der Waals surface area contributed by atoms with Crippen molar-refractivity contribution in [3.63, 3.8) is 0 Å². The summed E-state index contributed by atoms with van der Waals surface area (Å²) >= 11 is 7.43. The fourth-order valence-electron chi connectivity index (χ4n) is 2.93. The van der Waals surface area contributed by atoms with Gasteiger partial charge in [0.05, 0.1) is 10.9 Å². The lowest BCUT2D eigenvalue weighted by atomic mass is 9.85. The lowest BCUT2D eigenvalue weighted by molar-refractivity contribution is -0.159. The first kappa shape index (κ1) is 16.3. The molecule has 4 nitrogen and oxygen atoms in total. The molecular weight excluding hydrogens is 308 g/mol. The van der Waals surface area contributed by atoms with Crippen LogP contribution in [0, 0.1) is 0 Å². The van der Waals surface area contributed by atoms with Crippen LogP contribution in [-0.4, -0.2) is 28.3 Å². The van der Waals surface area contributed by atoms with Crippen molar-refractivity contribution in [2.45, 2.75) is 58.2 Å². The summed E-state index contributed by atoms with van der Waals surface area (Å²) in [6.45, 7) is 6.27. The number of carbonyl (C=O) groups excluding carboxylic acids is 2. The molecule has 116 valence electrons. The Hall–Kier alpha value is -1.07. The van der Waals surface area contributed by atoms with Crippen LogP contribution >= 0.6 is 22.9 Å². The van der Waals surface area contributed by atoms with E-state index in [2.05, 4.69) is 5.32 Å². The van der Waals surface area contributed by atoms with E-state index in [-0.39, 0.29) is 11.8 Å². The molecule has 1 aromatic rings. The van der Waals surface area contributed by atoms with Crippen LogP contribution in [0.2, 0.25) is 4.34 Å². The van der Waals surface area contributed by atoms with Crippen LogP contribution in [0.25, 0.3) is 0 Å². The van der Waals surface area contributed by atoms with Crippen LogP contribution in [0.1, 0.15) is 44.9 Å². The van der Waals surface area contributed by atoms with Gasteiger partial charge >= 0.3 is 0 Å². The highest BCUT2D eigenvalue weighted by Gasteiger charge is 2.49. The van der Waals surface area contributed by atoms with Crippen molar-refractivity contribution in [1.29, 1.82) is 0 Å². The smallest absolute Gasteiger partial charge is 0.246 e. The molecule has 2 amide bonds. The number of carbonyl (C=O) groups is 2. The predicted octanol–water partition coefficient (Wildman–Crippen LogP) is 3.20. The zero-order chi connectivity index (χ0) is 15.6. The normalized spacial score (nSPS) is 21.5. The van der Waals surface area contributed by atoms with E-state index in [1.54, 1.807) is 4.90 Å². The Morgan fingerprint density at radius 1 is 1.29 bits per heavy atom. The maximum absolute atomic E-state index is 12.7. The lowest BCUT2D eigenvalue weighted by Gasteiger charge is -2.47. The number of hydrogen-bond acceptors (Lipinski definition) is 3. The second-order valence-electron chi connectivity index (χ2n) is 5.30. The zero-order valence-corrected chi connectivity index (χ0v) is 14.2. The van der Waals surface area contributed by atoms with Crippen LogP contribution < -0.4 is 5.32 Å². The van der Waals surface area contributed by atoms with Gasteiger partial charge in [-0.2, -0.15) is 0 Å². The van der Waals surface area contributed by atoms with Gasteiger partial charge in [0.15, 0.2) is 0 Å². The molecule has 1 saturated heterocycles. The Balaban J connectivity index is 2.37. The van der Waals surface area contributed by atoms with Crippen molar-refractivity contribution in [2.75, 3.05) is 0 Å². The van der Waals surface area contributed by atoms with Gasteiger partial charge in [-0.15, -0.1) is 11.3 Å². The highest BCUT2D eigenvalue weighted by Crippen LogP contribution is 2.33. The van der Waals surface area contributed by atoms with E-state index < -0.39 is 11.6 Å². The monoisotopic (exact) mass is 328 g/mol. The highest BCUT2D eigenvalue weighted by atomic mass is 35.5. The van der Waals surface area contributed by atoms with Gasteiger partial charge in [0.1, 0.15) is 11.6 Å². The van der Waals surface area contributed by atoms with Gasteiger partial charge in [-0.05, 0) is 31.4 Å². The Morgan fingerprint density at radius 3 is 2.43 bits per heavy atom. The third-order valence-corrected chi connectivity index (χ3v) is 5.55. The molecule has 0 bridgehead atoms. The molecule has 0 aromatic carbocycles. The first-order valence-corrected chi connectivity index (χ1v) is 8.54. The number of rotatable bonds is 5.